The van der Waals surface area contributed by atoms with Gasteiger partial charge >= 0.3 is 45.0 Å². The molecule has 0 aromatic carbocycles. The van der Waals surface area contributed by atoms with Crippen molar-refractivity contribution in [3.8, 4) is 0 Å². The Morgan fingerprint density at radius 3 is 1.83 bits per heavy atom. The Kier molecular flexibility index (Phi) is 2.46. The minimum atomic E-state index is -4.12. The Balaban J connectivity index is 3.48. The van der Waals surface area contributed by atoms with Crippen molar-refractivity contribution in [2.75, 3.05) is 0 Å². The van der Waals surface area contributed by atoms with Crippen LogP contribution in [0.5, 0.6) is 0 Å². The van der Waals surface area contributed by atoms with E-state index in [0.29, 0.717) is 19.6 Å². The predicted octanol–water partition coefficient (Wildman–Crippen LogP) is -0.443. The van der Waals surface area contributed by atoms with E-state index in [9.17, 15) is 4.57 Å². The van der Waals surface area contributed by atoms with Gasteiger partial charge in [-0.05, 0) is 0 Å². The topological polar surface area (TPSA) is 66.8 Å². The van der Waals surface area contributed by atoms with Gasteiger partial charge in [0.15, 0.2) is 0 Å². The number of hydrogen-bond donors (Lipinski definition) is 2. The van der Waals surface area contributed by atoms with Crippen LogP contribution >= 0.6 is 7.82 Å². The van der Waals surface area contributed by atoms with E-state index in [1.165, 1.54) is 0 Å². The summed E-state index contributed by atoms with van der Waals surface area (Å²) < 4.78 is 13.1. The third kappa shape index (κ3) is 4.77. The molecule has 6 heteroatoms. The molecule has 0 aromatic heterocycles. The van der Waals surface area contributed by atoms with Gasteiger partial charge in [0.05, 0.1) is 0 Å². The van der Waals surface area contributed by atoms with Crippen molar-refractivity contribution < 1.29 is 37.2 Å². The second-order valence-corrected chi connectivity index (χ2v) is 3.17. The van der Waals surface area contributed by atoms with Crippen molar-refractivity contribution in [3.05, 3.63) is 0 Å². The summed E-state index contributed by atoms with van der Waals surface area (Å²) in [5.74, 6) is 0. The molecule has 0 aliphatic heterocycles. The Labute approximate surface area is 45.6 Å². The molecule has 0 aliphatic rings. The minimum absolute atomic E-state index is 0.601. The molecule has 0 saturated carbocycles. The van der Waals surface area contributed by atoms with Gasteiger partial charge in [-0.25, -0.2) is 0 Å². The molecule has 38 valence electrons. The Bertz CT molecular complexity index is 71.6. The van der Waals surface area contributed by atoms with Gasteiger partial charge in [-0.3, -0.25) is 0 Å². The van der Waals surface area contributed by atoms with Crippen molar-refractivity contribution in [1.29, 1.82) is 0 Å². The third-order valence-corrected chi connectivity index (χ3v) is 2.21. The fourth-order valence-electron chi connectivity index (χ4n) is 0. The number of phosphoric acid groups is 1. The predicted molar refractivity (Wildman–Crippen MR) is 13.1 cm³/mol. The van der Waals surface area contributed by atoms with Gasteiger partial charge in [-0.15, -0.1) is 0 Å². The average molecular weight is 283 g/mol. The van der Waals surface area contributed by atoms with Crippen LogP contribution in [0.25, 0.3) is 0 Å². The van der Waals surface area contributed by atoms with E-state index in [0.717, 1.165) is 0 Å². The first-order valence-electron chi connectivity index (χ1n) is 0.919. The van der Waals surface area contributed by atoms with E-state index in [4.69, 9.17) is 9.79 Å². The normalized spacial score (nSPS) is 11.8. The van der Waals surface area contributed by atoms with E-state index < -0.39 is 7.82 Å². The van der Waals surface area contributed by atoms with E-state index in [-0.39, 0.29) is 0 Å². The van der Waals surface area contributed by atoms with Crippen molar-refractivity contribution in [2.45, 2.75) is 0 Å². The number of rotatable bonds is 1. The van der Waals surface area contributed by atoms with E-state index in [2.05, 4.69) is 3.25 Å². The summed E-state index contributed by atoms with van der Waals surface area (Å²) >= 11 is 0.601. The molecule has 4 nitrogen and oxygen atoms in total. The molecule has 0 radical (unpaired) electrons. The Morgan fingerprint density at radius 2 is 1.83 bits per heavy atom. The summed E-state index contributed by atoms with van der Waals surface area (Å²) in [6, 6.07) is 0. The molecule has 0 spiro atoms. The zero-order valence-corrected chi connectivity index (χ0v) is 6.15. The standard InChI is InChI=1S/H3O4P.Re/c1-5(2,3)4;/h(H3,1,2,3,4);/q;+1/p-1. The molecule has 0 aromatic rings. The summed E-state index contributed by atoms with van der Waals surface area (Å²) in [5, 5.41) is 0. The molecular weight excluding hydrogens is 281 g/mol. The van der Waals surface area contributed by atoms with Crippen LogP contribution in [0.4, 0.5) is 0 Å². The van der Waals surface area contributed by atoms with Crippen LogP contribution in [0, 0.1) is 0 Å². The Hall–Kier alpha value is 0.772. The SMILES string of the molecule is O=P(O)(O)[O][Re]. The molecule has 0 fully saturated rings. The maximum absolute atomic E-state index is 9.49. The first kappa shape index (κ1) is 6.77. The van der Waals surface area contributed by atoms with Crippen LogP contribution in [0.15, 0.2) is 0 Å². The van der Waals surface area contributed by atoms with Crippen LogP contribution < -0.4 is 0 Å². The average Bonchev–Trinajstić information content (AvgIpc) is 1.35. The molecule has 2 N–H and O–H groups in total. The van der Waals surface area contributed by atoms with Gasteiger partial charge < -0.3 is 0 Å². The molecule has 6 heavy (non-hydrogen) atoms. The quantitative estimate of drug-likeness (QED) is 0.640. The van der Waals surface area contributed by atoms with Gasteiger partial charge in [0.25, 0.3) is 0 Å². The van der Waals surface area contributed by atoms with E-state index >= 15 is 0 Å². The van der Waals surface area contributed by atoms with E-state index in [1.807, 2.05) is 0 Å². The second-order valence-electron chi connectivity index (χ2n) is 0.560. The molecule has 0 saturated heterocycles. The van der Waals surface area contributed by atoms with E-state index in [1.54, 1.807) is 0 Å². The first-order valence-corrected chi connectivity index (χ1v) is 3.56. The number of hydrogen-bond acceptors (Lipinski definition) is 2. The molecule has 0 rings (SSSR count). The van der Waals surface area contributed by atoms with Crippen LogP contribution in [0.2, 0.25) is 0 Å². The Morgan fingerprint density at radius 1 is 1.67 bits per heavy atom. The van der Waals surface area contributed by atoms with Crippen molar-refractivity contribution in [2.24, 2.45) is 0 Å². The van der Waals surface area contributed by atoms with Crippen LogP contribution in [-0.2, 0) is 27.4 Å². The van der Waals surface area contributed by atoms with Crippen LogP contribution in [0.3, 0.4) is 0 Å². The van der Waals surface area contributed by atoms with Crippen molar-refractivity contribution in [1.82, 2.24) is 0 Å². The molecular formula is H2O4PRe. The fraction of sp³-hybridized carbons (Fsp3) is 0. The maximum atomic E-state index is 9.49. The zero-order valence-electron chi connectivity index (χ0n) is 2.54. The van der Waals surface area contributed by atoms with Gasteiger partial charge in [0, 0.05) is 0 Å². The van der Waals surface area contributed by atoms with Crippen LogP contribution in [-0.4, -0.2) is 9.79 Å². The second kappa shape index (κ2) is 2.18. The zero-order chi connectivity index (χ0) is 5.21. The summed E-state index contributed by atoms with van der Waals surface area (Å²) in [6.45, 7) is 0. The molecule has 0 unspecified atom stereocenters. The first-order chi connectivity index (χ1) is 2.56. The van der Waals surface area contributed by atoms with Gasteiger partial charge in [-0.2, -0.15) is 0 Å². The molecule has 0 aliphatic carbocycles. The molecule has 0 bridgehead atoms. The monoisotopic (exact) mass is 284 g/mol. The van der Waals surface area contributed by atoms with Crippen LogP contribution in [0.1, 0.15) is 0 Å². The summed E-state index contributed by atoms with van der Waals surface area (Å²) in [5.41, 5.74) is 0. The van der Waals surface area contributed by atoms with Gasteiger partial charge in [0.1, 0.15) is 0 Å². The summed E-state index contributed by atoms with van der Waals surface area (Å²) in [6.07, 6.45) is 0. The fourth-order valence-corrected chi connectivity index (χ4v) is 0. The van der Waals surface area contributed by atoms with Crippen molar-refractivity contribution >= 4 is 7.82 Å². The van der Waals surface area contributed by atoms with Gasteiger partial charge in [0.2, 0.25) is 0 Å². The summed E-state index contributed by atoms with van der Waals surface area (Å²) in [4.78, 5) is 15.5. The molecule has 0 heterocycles. The van der Waals surface area contributed by atoms with Gasteiger partial charge in [-0.1, -0.05) is 0 Å². The molecule has 0 atom stereocenters. The third-order valence-electron chi connectivity index (χ3n) is 0.0899. The summed E-state index contributed by atoms with van der Waals surface area (Å²) in [7, 11) is -4.12. The molecule has 0 amide bonds. The van der Waals surface area contributed by atoms with Crippen molar-refractivity contribution in [3.63, 3.8) is 0 Å².